The molecule has 1 heterocycles. The Balaban J connectivity index is 1.60. The minimum absolute atomic E-state index is 0.162. The molecule has 8 nitrogen and oxygen atoms in total. The predicted octanol–water partition coefficient (Wildman–Crippen LogP) is 4.18. The SMILES string of the molecule is CCn1c(SCC(=O)Nc2ccc(Cl)cc2)nnc1[C@H](C)NC(=O)c1ccc(OC)cc1. The number of amides is 2. The number of halogens is 1. The third-order valence-corrected chi connectivity index (χ3v) is 5.83. The molecular weight excluding hydrogens is 450 g/mol. The number of rotatable bonds is 9. The fourth-order valence-electron chi connectivity index (χ4n) is 2.97. The highest BCUT2D eigenvalue weighted by Crippen LogP contribution is 2.22. The van der Waals surface area contributed by atoms with Crippen molar-refractivity contribution in [2.45, 2.75) is 31.6 Å². The summed E-state index contributed by atoms with van der Waals surface area (Å²) in [6, 6.07) is 13.4. The lowest BCUT2D eigenvalue weighted by Gasteiger charge is -2.15. The molecule has 3 aromatic rings. The van der Waals surface area contributed by atoms with Crippen LogP contribution in [-0.2, 0) is 11.3 Å². The van der Waals surface area contributed by atoms with Gasteiger partial charge in [0.15, 0.2) is 11.0 Å². The van der Waals surface area contributed by atoms with Crippen LogP contribution in [0.1, 0.15) is 36.1 Å². The number of benzene rings is 2. The standard InChI is InChI=1S/C22H24ClN5O3S/c1-4-28-20(14(2)24-21(30)15-5-11-18(31-3)12-6-15)26-27-22(28)32-13-19(29)25-17-9-7-16(23)8-10-17/h5-12,14H,4,13H2,1-3H3,(H,24,30)(H,25,29)/t14-/m0/s1. The number of thioether (sulfide) groups is 1. The van der Waals surface area contributed by atoms with E-state index in [4.69, 9.17) is 16.3 Å². The van der Waals surface area contributed by atoms with Gasteiger partial charge < -0.3 is 19.9 Å². The van der Waals surface area contributed by atoms with Crippen LogP contribution < -0.4 is 15.4 Å². The number of nitrogens with one attached hydrogen (secondary N) is 2. The molecule has 168 valence electrons. The monoisotopic (exact) mass is 473 g/mol. The molecule has 0 saturated carbocycles. The Kier molecular flexibility index (Phi) is 8.13. The van der Waals surface area contributed by atoms with Crippen molar-refractivity contribution < 1.29 is 14.3 Å². The van der Waals surface area contributed by atoms with Gasteiger partial charge in [0, 0.05) is 22.8 Å². The first kappa shape index (κ1) is 23.6. The first-order chi connectivity index (χ1) is 15.4. The molecule has 0 aliphatic heterocycles. The Labute approximate surface area is 195 Å². The second-order valence-electron chi connectivity index (χ2n) is 6.85. The second-order valence-corrected chi connectivity index (χ2v) is 8.23. The Hall–Kier alpha value is -3.04. The van der Waals surface area contributed by atoms with Gasteiger partial charge in [-0.2, -0.15) is 0 Å². The van der Waals surface area contributed by atoms with E-state index in [0.29, 0.717) is 39.5 Å². The first-order valence-corrected chi connectivity index (χ1v) is 11.3. The molecule has 0 spiro atoms. The fraction of sp³-hybridized carbons (Fsp3) is 0.273. The van der Waals surface area contributed by atoms with Crippen LogP contribution >= 0.6 is 23.4 Å². The molecule has 0 unspecified atom stereocenters. The number of anilines is 1. The number of carbonyl (C=O) groups excluding carboxylic acids is 2. The van der Waals surface area contributed by atoms with Crippen molar-refractivity contribution in [2.75, 3.05) is 18.2 Å². The van der Waals surface area contributed by atoms with E-state index in [-0.39, 0.29) is 23.6 Å². The zero-order chi connectivity index (χ0) is 23.1. The molecule has 0 aliphatic rings. The lowest BCUT2D eigenvalue weighted by Crippen LogP contribution is -2.28. The first-order valence-electron chi connectivity index (χ1n) is 9.97. The minimum Gasteiger partial charge on any atom is -0.497 e. The van der Waals surface area contributed by atoms with Crippen molar-refractivity contribution in [1.82, 2.24) is 20.1 Å². The van der Waals surface area contributed by atoms with Crippen molar-refractivity contribution in [3.05, 3.63) is 64.9 Å². The lowest BCUT2D eigenvalue weighted by molar-refractivity contribution is -0.113. The average molecular weight is 474 g/mol. The molecule has 10 heteroatoms. The molecule has 32 heavy (non-hydrogen) atoms. The molecule has 2 amide bonds. The summed E-state index contributed by atoms with van der Waals surface area (Å²) in [6.45, 7) is 4.41. The Morgan fingerprint density at radius 2 is 1.81 bits per heavy atom. The van der Waals surface area contributed by atoms with E-state index < -0.39 is 0 Å². The smallest absolute Gasteiger partial charge is 0.251 e. The van der Waals surface area contributed by atoms with Gasteiger partial charge in [-0.15, -0.1) is 10.2 Å². The number of ether oxygens (including phenoxy) is 1. The number of carbonyl (C=O) groups is 2. The Morgan fingerprint density at radius 1 is 1.12 bits per heavy atom. The van der Waals surface area contributed by atoms with E-state index in [2.05, 4.69) is 20.8 Å². The number of nitrogens with zero attached hydrogens (tertiary/aromatic N) is 3. The minimum atomic E-state index is -0.366. The van der Waals surface area contributed by atoms with E-state index in [1.165, 1.54) is 11.8 Å². The quantitative estimate of drug-likeness (QED) is 0.452. The molecule has 0 bridgehead atoms. The van der Waals surface area contributed by atoms with Gasteiger partial charge in [-0.1, -0.05) is 23.4 Å². The number of hydrogen-bond acceptors (Lipinski definition) is 6. The van der Waals surface area contributed by atoms with Gasteiger partial charge in [-0.05, 0) is 62.4 Å². The highest BCUT2D eigenvalue weighted by Gasteiger charge is 2.20. The van der Waals surface area contributed by atoms with Gasteiger partial charge in [0.1, 0.15) is 5.75 Å². The van der Waals surface area contributed by atoms with Crippen molar-refractivity contribution in [3.63, 3.8) is 0 Å². The largest absolute Gasteiger partial charge is 0.497 e. The van der Waals surface area contributed by atoms with Gasteiger partial charge in [0.2, 0.25) is 5.91 Å². The fourth-order valence-corrected chi connectivity index (χ4v) is 3.91. The van der Waals surface area contributed by atoms with E-state index in [0.717, 1.165) is 0 Å². The third kappa shape index (κ3) is 6.02. The van der Waals surface area contributed by atoms with Crippen LogP contribution in [0.5, 0.6) is 5.75 Å². The highest BCUT2D eigenvalue weighted by atomic mass is 35.5. The summed E-state index contributed by atoms with van der Waals surface area (Å²) in [5.41, 5.74) is 1.20. The summed E-state index contributed by atoms with van der Waals surface area (Å²) in [5.74, 6) is 1.10. The maximum atomic E-state index is 12.6. The number of methoxy groups -OCH3 is 1. The maximum absolute atomic E-state index is 12.6. The number of aromatic nitrogens is 3. The van der Waals surface area contributed by atoms with Crippen LogP contribution in [0.4, 0.5) is 5.69 Å². The van der Waals surface area contributed by atoms with Crippen LogP contribution in [0.25, 0.3) is 0 Å². The van der Waals surface area contributed by atoms with Crippen LogP contribution in [0.3, 0.4) is 0 Å². The normalized spacial score (nSPS) is 11.6. The van der Waals surface area contributed by atoms with Crippen LogP contribution in [-0.4, -0.2) is 39.4 Å². The van der Waals surface area contributed by atoms with E-state index in [1.807, 2.05) is 18.4 Å². The molecule has 1 aromatic heterocycles. The van der Waals surface area contributed by atoms with E-state index >= 15 is 0 Å². The maximum Gasteiger partial charge on any atom is 0.251 e. The van der Waals surface area contributed by atoms with Gasteiger partial charge in [0.05, 0.1) is 18.9 Å². The molecule has 2 N–H and O–H groups in total. The van der Waals surface area contributed by atoms with E-state index in [9.17, 15) is 9.59 Å². The third-order valence-electron chi connectivity index (χ3n) is 4.61. The molecule has 0 aliphatic carbocycles. The summed E-state index contributed by atoms with van der Waals surface area (Å²) in [4.78, 5) is 24.8. The molecule has 2 aromatic carbocycles. The van der Waals surface area contributed by atoms with Gasteiger partial charge in [0.25, 0.3) is 5.91 Å². The topological polar surface area (TPSA) is 98.1 Å². The van der Waals surface area contributed by atoms with E-state index in [1.54, 1.807) is 55.6 Å². The second kappa shape index (κ2) is 11.0. The predicted molar refractivity (Wildman–Crippen MR) is 125 cm³/mol. The Bertz CT molecular complexity index is 1070. The summed E-state index contributed by atoms with van der Waals surface area (Å²) >= 11 is 7.15. The summed E-state index contributed by atoms with van der Waals surface area (Å²) in [5, 5.41) is 15.4. The summed E-state index contributed by atoms with van der Waals surface area (Å²) in [7, 11) is 1.58. The van der Waals surface area contributed by atoms with Crippen LogP contribution in [0.2, 0.25) is 5.02 Å². The van der Waals surface area contributed by atoms with Crippen LogP contribution in [0.15, 0.2) is 53.7 Å². The average Bonchev–Trinajstić information content (AvgIpc) is 3.22. The summed E-state index contributed by atoms with van der Waals surface area (Å²) < 4.78 is 7.01. The molecule has 0 saturated heterocycles. The zero-order valence-corrected chi connectivity index (χ0v) is 19.5. The molecule has 3 rings (SSSR count). The van der Waals surface area contributed by atoms with Crippen molar-refractivity contribution in [3.8, 4) is 5.75 Å². The Morgan fingerprint density at radius 3 is 2.44 bits per heavy atom. The van der Waals surface area contributed by atoms with Crippen molar-refractivity contribution >= 4 is 40.9 Å². The molecule has 1 atom stereocenters. The van der Waals surface area contributed by atoms with Gasteiger partial charge in [-0.25, -0.2) is 0 Å². The summed E-state index contributed by atoms with van der Waals surface area (Å²) in [6.07, 6.45) is 0. The molecule has 0 radical (unpaired) electrons. The zero-order valence-electron chi connectivity index (χ0n) is 18.0. The van der Waals surface area contributed by atoms with Gasteiger partial charge >= 0.3 is 0 Å². The molecule has 0 fully saturated rings. The van der Waals surface area contributed by atoms with Crippen LogP contribution in [0, 0.1) is 0 Å². The number of hydrogen-bond donors (Lipinski definition) is 2. The highest BCUT2D eigenvalue weighted by molar-refractivity contribution is 7.99. The van der Waals surface area contributed by atoms with Gasteiger partial charge in [-0.3, -0.25) is 9.59 Å². The van der Waals surface area contributed by atoms with Crippen molar-refractivity contribution in [1.29, 1.82) is 0 Å². The lowest BCUT2D eigenvalue weighted by atomic mass is 10.2. The molecular formula is C22H24ClN5O3S. The van der Waals surface area contributed by atoms with Crippen molar-refractivity contribution in [2.24, 2.45) is 0 Å².